The van der Waals surface area contributed by atoms with Crippen LogP contribution in [0, 0.1) is 0 Å². The molecule has 1 aromatic carbocycles. The van der Waals surface area contributed by atoms with E-state index >= 15 is 0 Å². The van der Waals surface area contributed by atoms with E-state index in [1.54, 1.807) is 25.2 Å². The Hall–Kier alpha value is -1.53. The fourth-order valence-electron chi connectivity index (χ4n) is 1.90. The molecule has 0 aliphatic rings. The van der Waals surface area contributed by atoms with Crippen molar-refractivity contribution in [1.82, 2.24) is 4.57 Å². The lowest BCUT2D eigenvalue weighted by Gasteiger charge is -2.03. The molecule has 0 fully saturated rings. The molecule has 0 saturated carbocycles. The van der Waals surface area contributed by atoms with E-state index in [4.69, 9.17) is 10.7 Å². The van der Waals surface area contributed by atoms with Crippen LogP contribution in [0.5, 0.6) is 0 Å². The summed E-state index contributed by atoms with van der Waals surface area (Å²) in [5.41, 5.74) is 0.771. The standard InChI is InChI=1S/C11H10ClNO4S/c1-13-6-9(18(12,15)16)7-4-3-5-8(10(7)13)11(14)17-2/h3-6H,1-2H3. The van der Waals surface area contributed by atoms with Gasteiger partial charge >= 0.3 is 5.97 Å². The Morgan fingerprint density at radius 1 is 1.39 bits per heavy atom. The molecule has 7 heteroatoms. The molecule has 2 aromatic rings. The minimum atomic E-state index is -3.86. The maximum atomic E-state index is 11.6. The molecule has 0 bridgehead atoms. The van der Waals surface area contributed by atoms with Gasteiger partial charge in [-0.1, -0.05) is 12.1 Å². The van der Waals surface area contributed by atoms with Crippen molar-refractivity contribution in [3.05, 3.63) is 30.0 Å². The first-order valence-corrected chi connectivity index (χ1v) is 7.28. The summed E-state index contributed by atoms with van der Waals surface area (Å²) in [7, 11) is 4.41. The zero-order chi connectivity index (χ0) is 13.5. The van der Waals surface area contributed by atoms with Gasteiger partial charge in [0, 0.05) is 29.3 Å². The minimum Gasteiger partial charge on any atom is -0.465 e. The Morgan fingerprint density at radius 2 is 2.06 bits per heavy atom. The molecule has 0 radical (unpaired) electrons. The Balaban J connectivity index is 2.89. The number of nitrogens with zero attached hydrogens (tertiary/aromatic N) is 1. The summed E-state index contributed by atoms with van der Waals surface area (Å²) in [4.78, 5) is 11.6. The molecule has 0 spiro atoms. The number of rotatable bonds is 2. The first kappa shape index (κ1) is 12.9. The van der Waals surface area contributed by atoms with E-state index < -0.39 is 15.0 Å². The highest BCUT2D eigenvalue weighted by Gasteiger charge is 2.21. The molecule has 0 atom stereocenters. The molecule has 18 heavy (non-hydrogen) atoms. The van der Waals surface area contributed by atoms with Crippen molar-refractivity contribution in [2.24, 2.45) is 7.05 Å². The number of fused-ring (bicyclic) bond motifs is 1. The molecule has 0 aliphatic carbocycles. The highest BCUT2D eigenvalue weighted by atomic mass is 35.7. The van der Waals surface area contributed by atoms with Crippen LogP contribution >= 0.6 is 10.7 Å². The number of aromatic nitrogens is 1. The molecule has 5 nitrogen and oxygen atoms in total. The lowest BCUT2D eigenvalue weighted by Crippen LogP contribution is -2.03. The van der Waals surface area contributed by atoms with Gasteiger partial charge in [-0.25, -0.2) is 13.2 Å². The van der Waals surface area contributed by atoms with E-state index in [0.29, 0.717) is 16.5 Å². The summed E-state index contributed by atoms with van der Waals surface area (Å²) in [6, 6.07) is 4.75. The van der Waals surface area contributed by atoms with Gasteiger partial charge in [-0.2, -0.15) is 0 Å². The maximum Gasteiger partial charge on any atom is 0.340 e. The number of carbonyl (C=O) groups is 1. The number of halogens is 1. The van der Waals surface area contributed by atoms with Crippen LogP contribution < -0.4 is 0 Å². The Morgan fingerprint density at radius 3 is 2.61 bits per heavy atom. The van der Waals surface area contributed by atoms with Crippen LogP contribution in [0.15, 0.2) is 29.3 Å². The van der Waals surface area contributed by atoms with Crippen LogP contribution in [0.3, 0.4) is 0 Å². The quantitative estimate of drug-likeness (QED) is 0.625. The molecule has 0 unspecified atom stereocenters. The summed E-state index contributed by atoms with van der Waals surface area (Å²) < 4.78 is 29.1. The highest BCUT2D eigenvalue weighted by molar-refractivity contribution is 8.14. The third-order valence-corrected chi connectivity index (χ3v) is 3.98. The van der Waals surface area contributed by atoms with E-state index in [0.717, 1.165) is 0 Å². The second-order valence-corrected chi connectivity index (χ2v) is 6.27. The zero-order valence-corrected chi connectivity index (χ0v) is 11.2. The van der Waals surface area contributed by atoms with Crippen molar-refractivity contribution in [3.8, 4) is 0 Å². The van der Waals surface area contributed by atoms with E-state index in [9.17, 15) is 13.2 Å². The summed E-state index contributed by atoms with van der Waals surface area (Å²) in [5.74, 6) is -0.527. The Kier molecular flexibility index (Phi) is 3.08. The van der Waals surface area contributed by atoms with Crippen molar-refractivity contribution in [2.75, 3.05) is 7.11 Å². The van der Waals surface area contributed by atoms with E-state index in [2.05, 4.69) is 4.74 Å². The normalized spacial score (nSPS) is 11.7. The Bertz CT molecular complexity index is 733. The molecule has 0 N–H and O–H groups in total. The van der Waals surface area contributed by atoms with Gasteiger partial charge in [-0.15, -0.1) is 0 Å². The van der Waals surface area contributed by atoms with Crippen LogP contribution in [0.4, 0.5) is 0 Å². The molecule has 96 valence electrons. The van der Waals surface area contributed by atoms with Crippen molar-refractivity contribution in [1.29, 1.82) is 0 Å². The number of benzene rings is 1. The van der Waals surface area contributed by atoms with Crippen molar-refractivity contribution < 1.29 is 17.9 Å². The first-order chi connectivity index (χ1) is 8.36. The van der Waals surface area contributed by atoms with Gasteiger partial charge in [-0.05, 0) is 6.07 Å². The summed E-state index contributed by atoms with van der Waals surface area (Å²) in [6.07, 6.45) is 1.37. The first-order valence-electron chi connectivity index (χ1n) is 4.97. The predicted octanol–water partition coefficient (Wildman–Crippen LogP) is 1.89. The van der Waals surface area contributed by atoms with Gasteiger partial charge in [-0.3, -0.25) is 0 Å². The molecule has 0 saturated heterocycles. The number of para-hydroxylation sites is 1. The van der Waals surface area contributed by atoms with Gasteiger partial charge in [0.15, 0.2) is 0 Å². The third-order valence-electron chi connectivity index (χ3n) is 2.63. The highest BCUT2D eigenvalue weighted by Crippen LogP contribution is 2.29. The molecule has 0 amide bonds. The van der Waals surface area contributed by atoms with E-state index in [1.165, 1.54) is 17.9 Å². The van der Waals surface area contributed by atoms with Crippen molar-refractivity contribution >= 4 is 36.6 Å². The van der Waals surface area contributed by atoms with Gasteiger partial charge in [0.05, 0.1) is 18.2 Å². The van der Waals surface area contributed by atoms with Gasteiger partial charge < -0.3 is 9.30 Å². The minimum absolute atomic E-state index is 0.0209. The second-order valence-electron chi connectivity index (χ2n) is 3.74. The lowest BCUT2D eigenvalue weighted by molar-refractivity contribution is 0.0602. The fourth-order valence-corrected chi connectivity index (χ4v) is 2.98. The van der Waals surface area contributed by atoms with Crippen LogP contribution in [-0.4, -0.2) is 26.1 Å². The number of esters is 1. The predicted molar refractivity (Wildman–Crippen MR) is 67.3 cm³/mol. The number of ether oxygens (including phenoxy) is 1. The van der Waals surface area contributed by atoms with E-state index in [-0.39, 0.29) is 4.90 Å². The number of methoxy groups -OCH3 is 1. The number of aryl methyl sites for hydroxylation is 1. The third kappa shape index (κ3) is 1.97. The largest absolute Gasteiger partial charge is 0.465 e. The number of hydrogen-bond donors (Lipinski definition) is 0. The van der Waals surface area contributed by atoms with Crippen molar-refractivity contribution in [3.63, 3.8) is 0 Å². The summed E-state index contributed by atoms with van der Waals surface area (Å²) >= 11 is 0. The fraction of sp³-hybridized carbons (Fsp3) is 0.182. The van der Waals surface area contributed by atoms with E-state index in [1.807, 2.05) is 0 Å². The van der Waals surface area contributed by atoms with Crippen molar-refractivity contribution in [2.45, 2.75) is 4.90 Å². The molecular weight excluding hydrogens is 278 g/mol. The SMILES string of the molecule is COC(=O)c1cccc2c(S(=O)(=O)Cl)cn(C)c12. The Labute approximate surface area is 108 Å². The number of carbonyl (C=O) groups excluding carboxylic acids is 1. The average Bonchev–Trinajstić information content (AvgIpc) is 2.66. The monoisotopic (exact) mass is 287 g/mol. The summed E-state index contributed by atoms with van der Waals surface area (Å²) in [5, 5.41) is 0.399. The summed E-state index contributed by atoms with van der Waals surface area (Å²) in [6.45, 7) is 0. The zero-order valence-electron chi connectivity index (χ0n) is 9.68. The van der Waals surface area contributed by atoms with Crippen LogP contribution in [0.1, 0.15) is 10.4 Å². The molecule has 1 aromatic heterocycles. The molecule has 0 aliphatic heterocycles. The van der Waals surface area contributed by atoms with Crippen LogP contribution in [0.25, 0.3) is 10.9 Å². The van der Waals surface area contributed by atoms with Crippen LogP contribution in [0.2, 0.25) is 0 Å². The molecular formula is C11H10ClNO4S. The lowest BCUT2D eigenvalue weighted by atomic mass is 10.1. The number of hydrogen-bond acceptors (Lipinski definition) is 4. The average molecular weight is 288 g/mol. The molecule has 1 heterocycles. The van der Waals surface area contributed by atoms with Gasteiger partial charge in [0.1, 0.15) is 4.90 Å². The molecule has 2 rings (SSSR count). The maximum absolute atomic E-state index is 11.6. The second kappa shape index (κ2) is 4.29. The van der Waals surface area contributed by atoms with Gasteiger partial charge in [0.2, 0.25) is 0 Å². The smallest absolute Gasteiger partial charge is 0.340 e. The van der Waals surface area contributed by atoms with Gasteiger partial charge in [0.25, 0.3) is 9.05 Å². The topological polar surface area (TPSA) is 65.4 Å². The van der Waals surface area contributed by atoms with Crippen LogP contribution in [-0.2, 0) is 20.8 Å².